The Labute approximate surface area is 169 Å². The van der Waals surface area contributed by atoms with Gasteiger partial charge in [0, 0.05) is 28.1 Å². The first-order valence-electron chi connectivity index (χ1n) is 10.1. The summed E-state index contributed by atoms with van der Waals surface area (Å²) in [5.74, 6) is 1.37. The van der Waals surface area contributed by atoms with E-state index in [0.717, 1.165) is 19.4 Å². The SMILES string of the molecule is CC/C=C(/Br)S[C@@H](C)[C@H](C)C(C)N(CC(CC)CCCC)C(=O)CC. The maximum Gasteiger partial charge on any atom is 0.222 e. The van der Waals surface area contributed by atoms with E-state index in [1.165, 1.54) is 23.1 Å². The van der Waals surface area contributed by atoms with Gasteiger partial charge in [-0.3, -0.25) is 4.79 Å². The lowest BCUT2D eigenvalue weighted by Crippen LogP contribution is -2.46. The number of carbonyl (C=O) groups is 1. The van der Waals surface area contributed by atoms with Gasteiger partial charge in [0.1, 0.15) is 0 Å². The molecule has 2 nitrogen and oxygen atoms in total. The second-order valence-corrected chi connectivity index (χ2v) is 9.95. The molecule has 0 aromatic rings. The standard InChI is InChI=1S/C21H40BrNOS/c1-8-12-14-19(10-3)15-23(21(24)11-4)17(6)16(5)18(7)25-20(22)13-9-2/h13,16-19H,8-12,14-15H2,1-7H3/b20-13-/t16-,17?,18+,19?/m1/s1. The van der Waals surface area contributed by atoms with E-state index >= 15 is 0 Å². The van der Waals surface area contributed by atoms with Gasteiger partial charge in [0.25, 0.3) is 0 Å². The predicted octanol–water partition coefficient (Wildman–Crippen LogP) is 7.23. The zero-order valence-corrected chi connectivity index (χ0v) is 19.9. The normalized spacial score (nSPS) is 17.0. The first-order chi connectivity index (χ1) is 11.8. The Hall–Kier alpha value is 0.0400. The molecule has 0 aliphatic rings. The van der Waals surface area contributed by atoms with Crippen molar-refractivity contribution in [1.82, 2.24) is 4.90 Å². The van der Waals surface area contributed by atoms with Crippen molar-refractivity contribution in [1.29, 1.82) is 0 Å². The summed E-state index contributed by atoms with van der Waals surface area (Å²) < 4.78 is 1.21. The molecule has 0 aromatic carbocycles. The van der Waals surface area contributed by atoms with Crippen molar-refractivity contribution in [3.05, 3.63) is 9.89 Å². The Balaban J connectivity index is 5.05. The lowest BCUT2D eigenvalue weighted by molar-refractivity contribution is -0.134. The van der Waals surface area contributed by atoms with Gasteiger partial charge in [-0.25, -0.2) is 0 Å². The number of hydrogen-bond acceptors (Lipinski definition) is 2. The van der Waals surface area contributed by atoms with Gasteiger partial charge >= 0.3 is 0 Å². The summed E-state index contributed by atoms with van der Waals surface area (Å²) in [6.07, 6.45) is 8.74. The molecule has 0 saturated carbocycles. The van der Waals surface area contributed by atoms with Gasteiger partial charge in [0.05, 0.1) is 0 Å². The highest BCUT2D eigenvalue weighted by molar-refractivity contribution is 9.14. The van der Waals surface area contributed by atoms with Crippen molar-refractivity contribution in [2.24, 2.45) is 11.8 Å². The predicted molar refractivity (Wildman–Crippen MR) is 118 cm³/mol. The van der Waals surface area contributed by atoms with E-state index in [9.17, 15) is 4.79 Å². The van der Waals surface area contributed by atoms with Gasteiger partial charge in [-0.2, -0.15) is 0 Å². The summed E-state index contributed by atoms with van der Waals surface area (Å²) in [5, 5.41) is 0.468. The number of carbonyl (C=O) groups excluding carboxylic acids is 1. The second-order valence-electron chi connectivity index (χ2n) is 7.16. The van der Waals surface area contributed by atoms with Gasteiger partial charge < -0.3 is 4.90 Å². The quantitative estimate of drug-likeness (QED) is 0.305. The van der Waals surface area contributed by atoms with Crippen LogP contribution in [0.15, 0.2) is 9.89 Å². The van der Waals surface area contributed by atoms with E-state index in [-0.39, 0.29) is 6.04 Å². The molecule has 0 bridgehead atoms. The molecule has 4 atom stereocenters. The van der Waals surface area contributed by atoms with Gasteiger partial charge in [0.15, 0.2) is 0 Å². The van der Waals surface area contributed by atoms with Crippen LogP contribution in [0.2, 0.25) is 0 Å². The van der Waals surface area contributed by atoms with Crippen LogP contribution >= 0.6 is 27.7 Å². The smallest absolute Gasteiger partial charge is 0.222 e. The largest absolute Gasteiger partial charge is 0.339 e. The average molecular weight is 435 g/mol. The van der Waals surface area contributed by atoms with Crippen LogP contribution in [0.25, 0.3) is 0 Å². The van der Waals surface area contributed by atoms with E-state index in [1.54, 1.807) is 0 Å². The Kier molecular flexibility index (Phi) is 14.2. The molecule has 0 saturated heterocycles. The molecule has 0 spiro atoms. The maximum absolute atomic E-state index is 12.6. The van der Waals surface area contributed by atoms with E-state index in [4.69, 9.17) is 0 Å². The molecule has 0 radical (unpaired) electrons. The van der Waals surface area contributed by atoms with E-state index < -0.39 is 0 Å². The molecule has 2 unspecified atom stereocenters. The maximum atomic E-state index is 12.6. The molecular formula is C21H40BrNOS. The zero-order chi connectivity index (χ0) is 19.4. The number of hydrogen-bond donors (Lipinski definition) is 0. The van der Waals surface area contributed by atoms with Crippen molar-refractivity contribution < 1.29 is 4.79 Å². The molecule has 25 heavy (non-hydrogen) atoms. The summed E-state index contributed by atoms with van der Waals surface area (Å²) in [4.78, 5) is 14.8. The van der Waals surface area contributed by atoms with Crippen LogP contribution in [-0.2, 0) is 4.79 Å². The van der Waals surface area contributed by atoms with Crippen molar-refractivity contribution in [3.8, 4) is 0 Å². The lowest BCUT2D eigenvalue weighted by atomic mass is 9.94. The third-order valence-electron chi connectivity index (χ3n) is 5.28. The van der Waals surface area contributed by atoms with E-state index in [0.29, 0.717) is 29.4 Å². The van der Waals surface area contributed by atoms with Crippen molar-refractivity contribution >= 4 is 33.6 Å². The van der Waals surface area contributed by atoms with Crippen LogP contribution in [0.1, 0.15) is 87.0 Å². The van der Waals surface area contributed by atoms with E-state index in [2.05, 4.69) is 68.4 Å². The molecule has 0 fully saturated rings. The van der Waals surface area contributed by atoms with Crippen molar-refractivity contribution in [2.45, 2.75) is 98.3 Å². The minimum atomic E-state index is 0.271. The van der Waals surface area contributed by atoms with Gasteiger partial charge in [-0.1, -0.05) is 66.9 Å². The number of thioether (sulfide) groups is 1. The second kappa shape index (κ2) is 14.1. The molecule has 0 aromatic heterocycles. The van der Waals surface area contributed by atoms with Crippen LogP contribution < -0.4 is 0 Å². The summed E-state index contributed by atoms with van der Waals surface area (Å²) in [7, 11) is 0. The van der Waals surface area contributed by atoms with Crippen LogP contribution in [0.4, 0.5) is 0 Å². The van der Waals surface area contributed by atoms with Crippen LogP contribution in [-0.4, -0.2) is 28.6 Å². The Morgan fingerprint density at radius 2 is 1.80 bits per heavy atom. The Morgan fingerprint density at radius 1 is 1.16 bits per heavy atom. The number of rotatable bonds is 13. The minimum Gasteiger partial charge on any atom is -0.339 e. The highest BCUT2D eigenvalue weighted by atomic mass is 79.9. The zero-order valence-electron chi connectivity index (χ0n) is 17.5. The third-order valence-corrected chi connectivity index (χ3v) is 7.35. The van der Waals surface area contributed by atoms with Crippen LogP contribution in [0.5, 0.6) is 0 Å². The fraction of sp³-hybridized carbons (Fsp3) is 0.857. The molecule has 1 amide bonds. The summed E-state index contributed by atoms with van der Waals surface area (Å²) in [6.45, 7) is 16.4. The first-order valence-corrected chi connectivity index (χ1v) is 11.8. The molecule has 4 heteroatoms. The summed E-state index contributed by atoms with van der Waals surface area (Å²) in [6, 6.07) is 0.271. The molecule has 0 heterocycles. The van der Waals surface area contributed by atoms with Gasteiger partial charge in [-0.15, -0.1) is 11.8 Å². The summed E-state index contributed by atoms with van der Waals surface area (Å²) in [5.41, 5.74) is 0. The highest BCUT2D eigenvalue weighted by Gasteiger charge is 2.29. The van der Waals surface area contributed by atoms with Crippen LogP contribution in [0, 0.1) is 11.8 Å². The molecule has 0 rings (SSSR count). The van der Waals surface area contributed by atoms with Crippen molar-refractivity contribution in [3.63, 3.8) is 0 Å². The number of unbranched alkanes of at least 4 members (excludes halogenated alkanes) is 1. The fourth-order valence-electron chi connectivity index (χ4n) is 3.06. The first kappa shape index (κ1) is 25.0. The molecule has 0 N–H and O–H groups in total. The number of nitrogens with zero attached hydrogens (tertiary/aromatic N) is 1. The number of halogens is 1. The fourth-order valence-corrected chi connectivity index (χ4v) is 5.33. The monoisotopic (exact) mass is 433 g/mol. The van der Waals surface area contributed by atoms with Gasteiger partial charge in [0.2, 0.25) is 5.91 Å². The van der Waals surface area contributed by atoms with E-state index in [1.807, 2.05) is 18.7 Å². The number of amides is 1. The Morgan fingerprint density at radius 3 is 2.28 bits per heavy atom. The lowest BCUT2D eigenvalue weighted by Gasteiger charge is -2.37. The summed E-state index contributed by atoms with van der Waals surface area (Å²) >= 11 is 5.53. The molecule has 0 aliphatic carbocycles. The third kappa shape index (κ3) is 9.51. The minimum absolute atomic E-state index is 0.271. The molecule has 0 aliphatic heterocycles. The Bertz CT molecular complexity index is 399. The van der Waals surface area contributed by atoms with Crippen LogP contribution in [0.3, 0.4) is 0 Å². The topological polar surface area (TPSA) is 20.3 Å². The van der Waals surface area contributed by atoms with Gasteiger partial charge in [-0.05, 0) is 47.5 Å². The average Bonchev–Trinajstić information content (AvgIpc) is 2.60. The highest BCUT2D eigenvalue weighted by Crippen LogP contribution is 2.34. The molecule has 148 valence electrons. The van der Waals surface area contributed by atoms with Crippen molar-refractivity contribution in [2.75, 3.05) is 6.54 Å². The molecular weight excluding hydrogens is 394 g/mol. The number of allylic oxidation sites excluding steroid dienone is 1.